The number of halogens is 1. The van der Waals surface area contributed by atoms with Crippen molar-refractivity contribution in [2.24, 2.45) is 5.92 Å². The molecule has 1 aromatic rings. The van der Waals surface area contributed by atoms with Gasteiger partial charge in [0, 0.05) is 5.92 Å². The van der Waals surface area contributed by atoms with Gasteiger partial charge in [0.2, 0.25) is 0 Å². The number of hydrogen-bond acceptors (Lipinski definition) is 1. The van der Waals surface area contributed by atoms with E-state index in [9.17, 15) is 4.79 Å². The SMILES string of the molecule is C[N+](C)(C)CC1CCCC(c2ccccc2)C1=O.[I-]. The van der Waals surface area contributed by atoms with E-state index in [-0.39, 0.29) is 35.8 Å². The predicted octanol–water partition coefficient (Wildman–Crippen LogP) is -0.150. The van der Waals surface area contributed by atoms with E-state index in [0.717, 1.165) is 23.9 Å². The van der Waals surface area contributed by atoms with E-state index < -0.39 is 0 Å². The smallest absolute Gasteiger partial charge is 0.149 e. The van der Waals surface area contributed by atoms with Crippen LogP contribution in [-0.4, -0.2) is 38.0 Å². The summed E-state index contributed by atoms with van der Waals surface area (Å²) in [5.74, 6) is 0.834. The van der Waals surface area contributed by atoms with E-state index in [2.05, 4.69) is 33.3 Å². The van der Waals surface area contributed by atoms with Crippen LogP contribution in [0.25, 0.3) is 0 Å². The fourth-order valence-corrected chi connectivity index (χ4v) is 3.00. The summed E-state index contributed by atoms with van der Waals surface area (Å²) in [5, 5.41) is 0. The maximum atomic E-state index is 12.6. The van der Waals surface area contributed by atoms with E-state index in [1.54, 1.807) is 0 Å². The van der Waals surface area contributed by atoms with Gasteiger partial charge in [-0.2, -0.15) is 0 Å². The molecule has 2 unspecified atom stereocenters. The third kappa shape index (κ3) is 4.56. The Labute approximate surface area is 133 Å². The summed E-state index contributed by atoms with van der Waals surface area (Å²) >= 11 is 0. The fourth-order valence-electron chi connectivity index (χ4n) is 3.00. The van der Waals surface area contributed by atoms with Crippen LogP contribution in [0.5, 0.6) is 0 Å². The highest BCUT2D eigenvalue weighted by molar-refractivity contribution is 5.88. The van der Waals surface area contributed by atoms with Crippen LogP contribution in [0, 0.1) is 5.92 Å². The zero-order valence-electron chi connectivity index (χ0n) is 12.1. The van der Waals surface area contributed by atoms with Crippen molar-refractivity contribution in [1.29, 1.82) is 0 Å². The van der Waals surface area contributed by atoms with Crippen LogP contribution >= 0.6 is 0 Å². The van der Waals surface area contributed by atoms with E-state index in [1.165, 1.54) is 12.0 Å². The molecule has 1 fully saturated rings. The number of carbonyl (C=O) groups is 1. The van der Waals surface area contributed by atoms with Gasteiger partial charge in [-0.3, -0.25) is 4.79 Å². The number of hydrogen-bond donors (Lipinski definition) is 0. The van der Waals surface area contributed by atoms with Crippen molar-refractivity contribution in [3.05, 3.63) is 35.9 Å². The third-order valence-electron chi connectivity index (χ3n) is 3.76. The van der Waals surface area contributed by atoms with Crippen molar-refractivity contribution in [2.75, 3.05) is 27.7 Å². The average molecular weight is 373 g/mol. The van der Waals surface area contributed by atoms with Crippen LogP contribution < -0.4 is 24.0 Å². The second kappa shape index (κ2) is 6.84. The lowest BCUT2D eigenvalue weighted by molar-refractivity contribution is -0.872. The van der Waals surface area contributed by atoms with Crippen molar-refractivity contribution in [3.8, 4) is 0 Å². The molecule has 0 spiro atoms. The molecule has 0 aromatic heterocycles. The summed E-state index contributed by atoms with van der Waals surface area (Å²) < 4.78 is 0.873. The van der Waals surface area contributed by atoms with Crippen LogP contribution in [0.15, 0.2) is 30.3 Å². The minimum Gasteiger partial charge on any atom is -1.00 e. The van der Waals surface area contributed by atoms with Crippen molar-refractivity contribution in [3.63, 3.8) is 0 Å². The molecule has 106 valence electrons. The molecule has 19 heavy (non-hydrogen) atoms. The highest BCUT2D eigenvalue weighted by atomic mass is 127. The zero-order valence-corrected chi connectivity index (χ0v) is 14.3. The highest BCUT2D eigenvalue weighted by Gasteiger charge is 2.34. The molecule has 3 heteroatoms. The Hall–Kier alpha value is -0.420. The number of rotatable bonds is 3. The Kier molecular flexibility index (Phi) is 5.99. The second-order valence-corrected chi connectivity index (χ2v) is 6.47. The Balaban J connectivity index is 0.00000180. The van der Waals surface area contributed by atoms with Crippen molar-refractivity contribution < 1.29 is 33.3 Å². The molecular weight excluding hydrogens is 349 g/mol. The van der Waals surface area contributed by atoms with Gasteiger partial charge in [0.15, 0.2) is 0 Å². The molecule has 2 rings (SSSR count). The van der Waals surface area contributed by atoms with Crippen molar-refractivity contribution in [1.82, 2.24) is 0 Å². The van der Waals surface area contributed by atoms with Gasteiger partial charge in [0.05, 0.1) is 33.6 Å². The minimum absolute atomic E-state index is 0. The lowest BCUT2D eigenvalue weighted by Gasteiger charge is -2.33. The van der Waals surface area contributed by atoms with Gasteiger partial charge in [-0.05, 0) is 18.4 Å². The van der Waals surface area contributed by atoms with E-state index in [0.29, 0.717) is 5.78 Å². The molecular formula is C16H24INO. The Bertz CT molecular complexity index is 411. The largest absolute Gasteiger partial charge is 1.00 e. The van der Waals surface area contributed by atoms with Gasteiger partial charge in [0.1, 0.15) is 5.78 Å². The topological polar surface area (TPSA) is 17.1 Å². The van der Waals surface area contributed by atoms with Crippen LogP contribution in [0.1, 0.15) is 30.7 Å². The molecule has 0 heterocycles. The normalized spacial score (nSPS) is 23.8. The number of nitrogens with zero attached hydrogens (tertiary/aromatic N) is 1. The molecule has 0 aliphatic heterocycles. The van der Waals surface area contributed by atoms with Gasteiger partial charge < -0.3 is 28.5 Å². The van der Waals surface area contributed by atoms with E-state index >= 15 is 0 Å². The lowest BCUT2D eigenvalue weighted by Crippen LogP contribution is -3.00. The predicted molar refractivity (Wildman–Crippen MR) is 74.4 cm³/mol. The molecule has 1 saturated carbocycles. The minimum atomic E-state index is 0. The molecule has 2 nitrogen and oxygen atoms in total. The van der Waals surface area contributed by atoms with Crippen LogP contribution in [0.2, 0.25) is 0 Å². The number of carbonyl (C=O) groups excluding carboxylic acids is 1. The van der Waals surface area contributed by atoms with Gasteiger partial charge in [0.25, 0.3) is 0 Å². The van der Waals surface area contributed by atoms with Crippen LogP contribution in [0.4, 0.5) is 0 Å². The number of ketones is 1. The van der Waals surface area contributed by atoms with E-state index in [1.807, 2.05) is 18.2 Å². The average Bonchev–Trinajstić information content (AvgIpc) is 2.31. The molecule has 1 aromatic carbocycles. The lowest BCUT2D eigenvalue weighted by atomic mass is 9.76. The van der Waals surface area contributed by atoms with Crippen LogP contribution in [-0.2, 0) is 4.79 Å². The summed E-state index contributed by atoms with van der Waals surface area (Å²) in [5.41, 5.74) is 1.20. The molecule has 1 aliphatic carbocycles. The Morgan fingerprint density at radius 2 is 1.74 bits per heavy atom. The number of quaternary nitrogens is 1. The first-order valence-electron chi connectivity index (χ1n) is 6.86. The summed E-state index contributed by atoms with van der Waals surface area (Å²) in [7, 11) is 6.50. The van der Waals surface area contributed by atoms with Crippen molar-refractivity contribution in [2.45, 2.75) is 25.2 Å². The Morgan fingerprint density at radius 3 is 2.32 bits per heavy atom. The molecule has 0 radical (unpaired) electrons. The van der Waals surface area contributed by atoms with Gasteiger partial charge in [-0.15, -0.1) is 0 Å². The molecule has 1 aliphatic rings. The summed E-state index contributed by atoms with van der Waals surface area (Å²) in [6.45, 7) is 0.960. The summed E-state index contributed by atoms with van der Waals surface area (Å²) in [6, 6.07) is 10.3. The number of Topliss-reactive ketones (excluding diaryl/α,β-unsaturated/α-hetero) is 1. The molecule has 0 amide bonds. The maximum Gasteiger partial charge on any atom is 0.149 e. The first kappa shape index (κ1) is 16.6. The third-order valence-corrected chi connectivity index (χ3v) is 3.76. The van der Waals surface area contributed by atoms with Crippen LogP contribution in [0.3, 0.4) is 0 Å². The molecule has 2 atom stereocenters. The second-order valence-electron chi connectivity index (χ2n) is 6.47. The standard InChI is InChI=1S/C16H24NO.HI/c1-17(2,3)12-14-10-7-11-15(16(14)18)13-8-5-4-6-9-13;/h4-6,8-9,14-15H,7,10-12H2,1-3H3;1H/q+1;/p-1. The van der Waals surface area contributed by atoms with Gasteiger partial charge in [-0.1, -0.05) is 36.8 Å². The number of benzene rings is 1. The van der Waals surface area contributed by atoms with Gasteiger partial charge in [-0.25, -0.2) is 0 Å². The first-order valence-corrected chi connectivity index (χ1v) is 6.86. The van der Waals surface area contributed by atoms with Gasteiger partial charge >= 0.3 is 0 Å². The maximum absolute atomic E-state index is 12.6. The van der Waals surface area contributed by atoms with Crippen molar-refractivity contribution >= 4 is 5.78 Å². The Morgan fingerprint density at radius 1 is 1.11 bits per heavy atom. The monoisotopic (exact) mass is 373 g/mol. The molecule has 0 bridgehead atoms. The molecule has 0 N–H and O–H groups in total. The summed E-state index contributed by atoms with van der Waals surface area (Å²) in [6.07, 6.45) is 3.27. The zero-order chi connectivity index (χ0) is 13.2. The quantitative estimate of drug-likeness (QED) is 0.532. The highest BCUT2D eigenvalue weighted by Crippen LogP contribution is 2.33. The fraction of sp³-hybridized carbons (Fsp3) is 0.562. The summed E-state index contributed by atoms with van der Waals surface area (Å²) in [4.78, 5) is 12.6. The van der Waals surface area contributed by atoms with E-state index in [4.69, 9.17) is 0 Å². The first-order chi connectivity index (χ1) is 8.47. The molecule has 0 saturated heterocycles.